The Balaban J connectivity index is 2.52. The summed E-state index contributed by atoms with van der Waals surface area (Å²) in [5.74, 6) is -0.580. The summed E-state index contributed by atoms with van der Waals surface area (Å²) in [7, 11) is 1.58. The van der Waals surface area contributed by atoms with Crippen LogP contribution in [0.4, 0.5) is 9.18 Å². The zero-order valence-electron chi connectivity index (χ0n) is 10.2. The zero-order chi connectivity index (χ0) is 13.7. The van der Waals surface area contributed by atoms with Gasteiger partial charge in [0.2, 0.25) is 5.95 Å². The molecule has 18 heavy (non-hydrogen) atoms. The van der Waals surface area contributed by atoms with E-state index in [2.05, 4.69) is 26.2 Å². The average Bonchev–Trinajstić information content (AvgIpc) is 2.26. The minimum Gasteiger partial charge on any atom is -0.392 e. The van der Waals surface area contributed by atoms with Gasteiger partial charge in [-0.1, -0.05) is 6.07 Å². The lowest BCUT2D eigenvalue weighted by Crippen LogP contribution is -2.40. The van der Waals surface area contributed by atoms with Crippen LogP contribution in [0.15, 0.2) is 16.7 Å². The standard InChI is InChI=1S/C11H15BrFN3O2/c1-7(17)6-16(2)11(18)14-5-8-3-4-9(13)15-10(8)12/h3-4,7,17H,5-6H2,1-2H3,(H,14,18). The smallest absolute Gasteiger partial charge is 0.317 e. The van der Waals surface area contributed by atoms with Gasteiger partial charge in [0.15, 0.2) is 0 Å². The molecule has 0 saturated heterocycles. The van der Waals surface area contributed by atoms with E-state index >= 15 is 0 Å². The number of halogens is 2. The number of pyridine rings is 1. The molecule has 1 atom stereocenters. The summed E-state index contributed by atoms with van der Waals surface area (Å²) in [5, 5.41) is 11.8. The molecule has 1 aromatic heterocycles. The Morgan fingerprint density at radius 2 is 2.33 bits per heavy atom. The Morgan fingerprint density at radius 1 is 1.67 bits per heavy atom. The molecule has 0 spiro atoms. The van der Waals surface area contributed by atoms with Crippen molar-refractivity contribution >= 4 is 22.0 Å². The van der Waals surface area contributed by atoms with Crippen molar-refractivity contribution in [2.24, 2.45) is 0 Å². The highest BCUT2D eigenvalue weighted by molar-refractivity contribution is 9.10. The van der Waals surface area contributed by atoms with Gasteiger partial charge in [-0.05, 0) is 28.9 Å². The molecule has 1 unspecified atom stereocenters. The van der Waals surface area contributed by atoms with E-state index in [-0.39, 0.29) is 19.1 Å². The number of nitrogens with zero attached hydrogens (tertiary/aromatic N) is 2. The van der Waals surface area contributed by atoms with Crippen LogP contribution >= 0.6 is 15.9 Å². The molecule has 1 heterocycles. The topological polar surface area (TPSA) is 65.5 Å². The number of aromatic nitrogens is 1. The van der Waals surface area contributed by atoms with Gasteiger partial charge < -0.3 is 15.3 Å². The predicted octanol–water partition coefficient (Wildman–Crippen LogP) is 1.51. The monoisotopic (exact) mass is 319 g/mol. The molecule has 7 heteroatoms. The number of aliphatic hydroxyl groups is 1. The van der Waals surface area contributed by atoms with Crippen LogP contribution in [0, 0.1) is 5.95 Å². The maximum absolute atomic E-state index is 12.8. The highest BCUT2D eigenvalue weighted by atomic mass is 79.9. The van der Waals surface area contributed by atoms with Gasteiger partial charge in [-0.15, -0.1) is 0 Å². The fraction of sp³-hybridized carbons (Fsp3) is 0.455. The van der Waals surface area contributed by atoms with Crippen LogP contribution in [-0.2, 0) is 6.54 Å². The van der Waals surface area contributed by atoms with Gasteiger partial charge in [-0.25, -0.2) is 9.78 Å². The van der Waals surface area contributed by atoms with Gasteiger partial charge >= 0.3 is 6.03 Å². The fourth-order valence-electron chi connectivity index (χ4n) is 1.36. The number of rotatable bonds is 4. The Hall–Kier alpha value is -1.21. The first-order chi connectivity index (χ1) is 8.40. The third-order valence-corrected chi connectivity index (χ3v) is 2.89. The Bertz CT molecular complexity index is 429. The number of urea groups is 1. The van der Waals surface area contributed by atoms with Gasteiger partial charge in [-0.3, -0.25) is 0 Å². The van der Waals surface area contributed by atoms with Crippen molar-refractivity contribution in [3.63, 3.8) is 0 Å². The van der Waals surface area contributed by atoms with Crippen molar-refractivity contribution in [3.05, 3.63) is 28.2 Å². The third kappa shape index (κ3) is 4.58. The molecule has 0 fully saturated rings. The Morgan fingerprint density at radius 3 is 2.89 bits per heavy atom. The third-order valence-electron chi connectivity index (χ3n) is 2.21. The van der Waals surface area contributed by atoms with Crippen LogP contribution in [0.3, 0.4) is 0 Å². The first kappa shape index (κ1) is 14.8. The van der Waals surface area contributed by atoms with Crippen LogP contribution in [0.1, 0.15) is 12.5 Å². The lowest BCUT2D eigenvalue weighted by molar-refractivity contribution is 0.143. The van der Waals surface area contributed by atoms with Gasteiger partial charge in [0.05, 0.1) is 6.10 Å². The Labute approximate surface area is 113 Å². The zero-order valence-corrected chi connectivity index (χ0v) is 11.7. The molecule has 0 bridgehead atoms. The molecule has 0 aliphatic heterocycles. The SMILES string of the molecule is CC(O)CN(C)C(=O)NCc1ccc(F)nc1Br. The Kier molecular flexibility index (Phi) is 5.49. The average molecular weight is 320 g/mol. The van der Waals surface area contributed by atoms with Crippen LogP contribution in [0.2, 0.25) is 0 Å². The van der Waals surface area contributed by atoms with Crippen LogP contribution in [-0.4, -0.2) is 40.7 Å². The van der Waals surface area contributed by atoms with Crippen molar-refractivity contribution < 1.29 is 14.3 Å². The molecular formula is C11H15BrFN3O2. The molecule has 1 aromatic rings. The number of nitrogens with one attached hydrogen (secondary N) is 1. The highest BCUT2D eigenvalue weighted by Gasteiger charge is 2.11. The van der Waals surface area contributed by atoms with E-state index < -0.39 is 12.1 Å². The molecular weight excluding hydrogens is 305 g/mol. The molecule has 2 N–H and O–H groups in total. The van der Waals surface area contributed by atoms with E-state index in [1.807, 2.05) is 0 Å². The van der Waals surface area contributed by atoms with Crippen molar-refractivity contribution in [1.82, 2.24) is 15.2 Å². The van der Waals surface area contributed by atoms with Gasteiger partial charge in [-0.2, -0.15) is 4.39 Å². The number of likely N-dealkylation sites (N-methyl/N-ethyl adjacent to an activating group) is 1. The molecule has 0 radical (unpaired) electrons. The minimum absolute atomic E-state index is 0.233. The summed E-state index contributed by atoms with van der Waals surface area (Å²) in [6.07, 6.45) is -0.583. The lowest BCUT2D eigenvalue weighted by Gasteiger charge is -2.19. The van der Waals surface area contributed by atoms with Crippen molar-refractivity contribution in [2.45, 2.75) is 19.6 Å². The van der Waals surface area contributed by atoms with E-state index in [9.17, 15) is 9.18 Å². The van der Waals surface area contributed by atoms with Crippen molar-refractivity contribution in [3.8, 4) is 0 Å². The van der Waals surface area contributed by atoms with E-state index in [0.717, 1.165) is 0 Å². The van der Waals surface area contributed by atoms with E-state index in [0.29, 0.717) is 10.2 Å². The molecule has 5 nitrogen and oxygen atoms in total. The summed E-state index contributed by atoms with van der Waals surface area (Å²) in [4.78, 5) is 16.6. The maximum Gasteiger partial charge on any atom is 0.317 e. The molecule has 0 aliphatic carbocycles. The van der Waals surface area contributed by atoms with Crippen LogP contribution < -0.4 is 5.32 Å². The summed E-state index contributed by atoms with van der Waals surface area (Å²) in [5.41, 5.74) is 0.676. The second kappa shape index (κ2) is 6.65. The number of hydrogen-bond acceptors (Lipinski definition) is 3. The largest absolute Gasteiger partial charge is 0.392 e. The van der Waals surface area contributed by atoms with Crippen LogP contribution in [0.25, 0.3) is 0 Å². The highest BCUT2D eigenvalue weighted by Crippen LogP contribution is 2.13. The quantitative estimate of drug-likeness (QED) is 0.827. The second-order valence-electron chi connectivity index (χ2n) is 3.97. The van der Waals surface area contributed by atoms with Crippen LogP contribution in [0.5, 0.6) is 0 Å². The van der Waals surface area contributed by atoms with Gasteiger partial charge in [0.25, 0.3) is 0 Å². The first-order valence-corrected chi connectivity index (χ1v) is 6.17. The molecule has 0 aromatic carbocycles. The van der Waals surface area contributed by atoms with E-state index in [4.69, 9.17) is 5.11 Å². The molecule has 100 valence electrons. The van der Waals surface area contributed by atoms with Gasteiger partial charge in [0, 0.05) is 25.7 Å². The molecule has 2 amide bonds. The summed E-state index contributed by atoms with van der Waals surface area (Å²) < 4.78 is 13.1. The number of carbonyl (C=O) groups excluding carboxylic acids is 1. The number of aliphatic hydroxyl groups excluding tert-OH is 1. The predicted molar refractivity (Wildman–Crippen MR) is 68.4 cm³/mol. The summed E-state index contributed by atoms with van der Waals surface area (Å²) in [6, 6.07) is 2.46. The van der Waals surface area contributed by atoms with Crippen molar-refractivity contribution in [1.29, 1.82) is 0 Å². The number of carbonyl (C=O) groups is 1. The fourth-order valence-corrected chi connectivity index (χ4v) is 1.80. The first-order valence-electron chi connectivity index (χ1n) is 5.38. The lowest BCUT2D eigenvalue weighted by atomic mass is 10.3. The normalized spacial score (nSPS) is 12.1. The maximum atomic E-state index is 12.8. The van der Waals surface area contributed by atoms with Gasteiger partial charge in [0.1, 0.15) is 4.60 Å². The van der Waals surface area contributed by atoms with E-state index in [1.165, 1.54) is 11.0 Å². The summed E-state index contributed by atoms with van der Waals surface area (Å²) >= 11 is 3.12. The molecule has 0 saturated carbocycles. The second-order valence-corrected chi connectivity index (χ2v) is 4.72. The number of hydrogen-bond donors (Lipinski definition) is 2. The van der Waals surface area contributed by atoms with E-state index in [1.54, 1.807) is 20.0 Å². The summed E-state index contributed by atoms with van der Waals surface area (Å²) in [6.45, 7) is 2.08. The van der Waals surface area contributed by atoms with Crippen molar-refractivity contribution in [2.75, 3.05) is 13.6 Å². The minimum atomic E-state index is -0.583. The molecule has 0 aliphatic rings. The molecule has 1 rings (SSSR count). The number of amides is 2.